The fourth-order valence-electron chi connectivity index (χ4n) is 2.48. The van der Waals surface area contributed by atoms with Gasteiger partial charge in [-0.15, -0.1) is 0 Å². The highest BCUT2D eigenvalue weighted by atomic mass is 14.9. The first-order chi connectivity index (χ1) is 11.9. The first-order valence-electron chi connectivity index (χ1n) is 11.3. The van der Waals surface area contributed by atoms with Crippen LogP contribution in [0.3, 0.4) is 0 Å². The average molecular weight is 375 g/mol. The molecule has 164 valence electrons. The number of hydrogen-bond donors (Lipinski definition) is 2. The van der Waals surface area contributed by atoms with Crippen molar-refractivity contribution in [2.24, 2.45) is 16.7 Å². The van der Waals surface area contributed by atoms with E-state index >= 15 is 0 Å². The predicted octanol–water partition coefficient (Wildman–Crippen LogP) is 7.53. The van der Waals surface area contributed by atoms with Gasteiger partial charge in [-0.1, -0.05) is 96.4 Å². The molecule has 0 aliphatic heterocycles. The molecule has 2 atom stereocenters. The Morgan fingerprint density at radius 1 is 0.769 bits per heavy atom. The van der Waals surface area contributed by atoms with Crippen molar-refractivity contribution in [2.75, 3.05) is 13.6 Å². The van der Waals surface area contributed by atoms with Crippen LogP contribution >= 0.6 is 0 Å². The van der Waals surface area contributed by atoms with Gasteiger partial charge in [-0.3, -0.25) is 0 Å². The molecule has 2 heteroatoms. The van der Waals surface area contributed by atoms with Gasteiger partial charge in [0.05, 0.1) is 0 Å². The number of rotatable bonds is 9. The molecule has 0 aromatic carbocycles. The Morgan fingerprint density at radius 3 is 1.42 bits per heavy atom. The predicted molar refractivity (Wildman–Crippen MR) is 126 cm³/mol. The number of hydrogen-bond acceptors (Lipinski definition) is 2. The Morgan fingerprint density at radius 2 is 1.15 bits per heavy atom. The molecule has 2 N–H and O–H groups in total. The van der Waals surface area contributed by atoms with Crippen LogP contribution in [0.25, 0.3) is 0 Å². The molecule has 0 bridgehead atoms. The summed E-state index contributed by atoms with van der Waals surface area (Å²) in [5.41, 5.74) is 0.763. The molecule has 0 rings (SSSR count). The summed E-state index contributed by atoms with van der Waals surface area (Å²) in [4.78, 5) is 0. The van der Waals surface area contributed by atoms with Crippen molar-refractivity contribution in [3.05, 3.63) is 0 Å². The molecule has 0 aliphatic carbocycles. The maximum absolute atomic E-state index is 3.56. The smallest absolute Gasteiger partial charge is 0.00903 e. The second-order valence-electron chi connectivity index (χ2n) is 8.91. The molecule has 0 aliphatic rings. The third-order valence-electron chi connectivity index (χ3n) is 4.62. The summed E-state index contributed by atoms with van der Waals surface area (Å²) in [5, 5.41) is 7.08. The molecule has 0 radical (unpaired) electrons. The Hall–Kier alpha value is -0.0800. The van der Waals surface area contributed by atoms with E-state index in [9.17, 15) is 0 Å². The summed E-state index contributed by atoms with van der Waals surface area (Å²) >= 11 is 0. The van der Waals surface area contributed by atoms with Gasteiger partial charge < -0.3 is 10.6 Å². The third-order valence-corrected chi connectivity index (χ3v) is 4.62. The molecule has 0 aromatic rings. The lowest BCUT2D eigenvalue weighted by Gasteiger charge is -2.38. The van der Waals surface area contributed by atoms with E-state index in [1.165, 1.54) is 19.3 Å². The summed E-state index contributed by atoms with van der Waals surface area (Å²) < 4.78 is 0. The van der Waals surface area contributed by atoms with E-state index in [1.807, 2.05) is 27.7 Å². The molecule has 2 nitrogen and oxygen atoms in total. The summed E-state index contributed by atoms with van der Waals surface area (Å²) in [5.74, 6) is 0.833. The monoisotopic (exact) mass is 374 g/mol. The minimum Gasteiger partial charge on any atom is -0.317 e. The van der Waals surface area contributed by atoms with Gasteiger partial charge in [0.25, 0.3) is 0 Å². The van der Waals surface area contributed by atoms with Gasteiger partial charge in [0.15, 0.2) is 0 Å². The zero-order chi connectivity index (χ0) is 22.0. The minimum absolute atomic E-state index is 0.327. The van der Waals surface area contributed by atoms with Crippen LogP contribution in [0.15, 0.2) is 0 Å². The molecule has 2 unspecified atom stereocenters. The van der Waals surface area contributed by atoms with Crippen LogP contribution in [-0.2, 0) is 0 Å². The Bertz CT molecular complexity index is 254. The van der Waals surface area contributed by atoms with Crippen LogP contribution in [0, 0.1) is 16.7 Å². The molecular formula is C24H58N2. The van der Waals surface area contributed by atoms with E-state index < -0.39 is 0 Å². The van der Waals surface area contributed by atoms with E-state index in [0.29, 0.717) is 22.9 Å². The normalized spacial score (nSPS) is 13.4. The van der Waals surface area contributed by atoms with Gasteiger partial charge in [-0.25, -0.2) is 0 Å². The summed E-state index contributed by atoms with van der Waals surface area (Å²) in [6.45, 7) is 31.8. The molecule has 0 aromatic heterocycles. The van der Waals surface area contributed by atoms with E-state index in [1.54, 1.807) is 0 Å². The van der Waals surface area contributed by atoms with Crippen molar-refractivity contribution in [3.63, 3.8) is 0 Å². The largest absolute Gasteiger partial charge is 0.317 e. The van der Waals surface area contributed by atoms with Crippen molar-refractivity contribution < 1.29 is 0 Å². The first kappa shape index (κ1) is 33.5. The highest BCUT2D eigenvalue weighted by molar-refractivity contribution is 4.87. The van der Waals surface area contributed by atoms with Crippen molar-refractivity contribution >= 4 is 0 Å². The zero-order valence-electron chi connectivity index (χ0n) is 21.6. The van der Waals surface area contributed by atoms with Gasteiger partial charge in [0.1, 0.15) is 0 Å². The lowest BCUT2D eigenvalue weighted by molar-refractivity contribution is 0.179. The highest BCUT2D eigenvalue weighted by Gasteiger charge is 2.30. The second kappa shape index (κ2) is 19.7. The lowest BCUT2D eigenvalue weighted by atomic mass is 9.74. The average Bonchev–Trinajstić information content (AvgIpc) is 2.57. The van der Waals surface area contributed by atoms with Crippen LogP contribution in [0.2, 0.25) is 0 Å². The standard InChI is InChI=1S/C16H36N2.C4H10.2C2H6/c1-9-15(4,5)11-14(17-8)12-16(6,7)13(3)18-10-2;1-4(2)3;2*1-2/h13-14,17-18H,9-12H2,1-8H3;4H,1-3H3;2*1-2H3. The van der Waals surface area contributed by atoms with E-state index in [0.717, 1.165) is 12.5 Å². The van der Waals surface area contributed by atoms with Gasteiger partial charge >= 0.3 is 0 Å². The van der Waals surface area contributed by atoms with E-state index in [2.05, 4.69) is 86.9 Å². The van der Waals surface area contributed by atoms with E-state index in [-0.39, 0.29) is 0 Å². The summed E-state index contributed by atoms with van der Waals surface area (Å²) in [7, 11) is 2.10. The van der Waals surface area contributed by atoms with Crippen LogP contribution in [0.5, 0.6) is 0 Å². The minimum atomic E-state index is 0.327. The van der Waals surface area contributed by atoms with Gasteiger partial charge in [-0.05, 0) is 50.1 Å². The van der Waals surface area contributed by atoms with E-state index in [4.69, 9.17) is 0 Å². The number of nitrogens with one attached hydrogen (secondary N) is 2. The zero-order valence-corrected chi connectivity index (χ0v) is 21.6. The molecule has 0 saturated heterocycles. The topological polar surface area (TPSA) is 24.1 Å². The lowest BCUT2D eigenvalue weighted by Crippen LogP contribution is -2.44. The molecular weight excluding hydrogens is 316 g/mol. The summed E-state index contributed by atoms with van der Waals surface area (Å²) in [6.07, 6.45) is 3.72. The fourth-order valence-corrected chi connectivity index (χ4v) is 2.48. The van der Waals surface area contributed by atoms with Gasteiger partial charge in [-0.2, -0.15) is 0 Å². The quantitative estimate of drug-likeness (QED) is 0.436. The summed E-state index contributed by atoms with van der Waals surface area (Å²) in [6, 6.07) is 1.17. The SMILES string of the molecule is CC.CC.CC(C)C.CCNC(C)C(C)(C)CC(CC(C)(C)CC)NC. The fraction of sp³-hybridized carbons (Fsp3) is 1.00. The maximum Gasteiger partial charge on any atom is 0.00903 e. The Kier molecular flexibility index (Phi) is 25.4. The highest BCUT2D eigenvalue weighted by Crippen LogP contribution is 2.33. The van der Waals surface area contributed by atoms with Gasteiger partial charge in [0.2, 0.25) is 0 Å². The van der Waals surface area contributed by atoms with Crippen molar-refractivity contribution in [1.82, 2.24) is 10.6 Å². The Balaban J connectivity index is -0.000000258. The van der Waals surface area contributed by atoms with Crippen LogP contribution in [0.1, 0.15) is 116 Å². The molecule has 0 spiro atoms. The van der Waals surface area contributed by atoms with Gasteiger partial charge in [0, 0.05) is 12.1 Å². The van der Waals surface area contributed by atoms with Crippen LogP contribution < -0.4 is 10.6 Å². The van der Waals surface area contributed by atoms with Crippen molar-refractivity contribution in [3.8, 4) is 0 Å². The molecule has 26 heavy (non-hydrogen) atoms. The molecule has 0 heterocycles. The first-order valence-corrected chi connectivity index (χ1v) is 11.3. The molecule has 0 saturated carbocycles. The third kappa shape index (κ3) is 22.0. The maximum atomic E-state index is 3.56. The van der Waals surface area contributed by atoms with Crippen molar-refractivity contribution in [1.29, 1.82) is 0 Å². The van der Waals surface area contributed by atoms with Crippen LogP contribution in [0.4, 0.5) is 0 Å². The van der Waals surface area contributed by atoms with Crippen molar-refractivity contribution in [2.45, 2.75) is 128 Å². The molecule has 0 fully saturated rings. The second-order valence-corrected chi connectivity index (χ2v) is 8.91. The molecule has 0 amide bonds. The van der Waals surface area contributed by atoms with Crippen LogP contribution in [-0.4, -0.2) is 25.7 Å². The Labute approximate surface area is 169 Å².